The fourth-order valence-electron chi connectivity index (χ4n) is 2.39. The number of amides is 2. The van der Waals surface area contributed by atoms with Gasteiger partial charge in [0.15, 0.2) is 18.1 Å². The van der Waals surface area contributed by atoms with Gasteiger partial charge in [-0.1, -0.05) is 12.1 Å². The summed E-state index contributed by atoms with van der Waals surface area (Å²) in [5.41, 5.74) is 0.0342. The molecule has 2 amide bonds. The van der Waals surface area contributed by atoms with E-state index in [1.54, 1.807) is 24.3 Å². The maximum absolute atomic E-state index is 12.1. The van der Waals surface area contributed by atoms with Gasteiger partial charge in [-0.05, 0) is 36.4 Å². The highest BCUT2D eigenvalue weighted by molar-refractivity contribution is 6.05. The van der Waals surface area contributed by atoms with Crippen molar-refractivity contribution in [3.63, 3.8) is 0 Å². The zero-order valence-corrected chi connectivity index (χ0v) is 14.8. The molecule has 0 aromatic heterocycles. The summed E-state index contributed by atoms with van der Waals surface area (Å²) in [7, 11) is 0. The molecular weight excluding hydrogens is 392 g/mol. The van der Waals surface area contributed by atoms with E-state index >= 15 is 0 Å². The van der Waals surface area contributed by atoms with Gasteiger partial charge in [-0.15, -0.1) is 0 Å². The summed E-state index contributed by atoms with van der Waals surface area (Å²) in [5, 5.41) is 2.01. The number of rotatable bonds is 6. The van der Waals surface area contributed by atoms with E-state index < -0.39 is 37.1 Å². The van der Waals surface area contributed by atoms with Gasteiger partial charge in [0.2, 0.25) is 6.10 Å². The van der Waals surface area contributed by atoms with Crippen LogP contribution in [0.2, 0.25) is 0 Å². The monoisotopic (exact) mass is 407 g/mol. The Balaban J connectivity index is 1.46. The summed E-state index contributed by atoms with van der Waals surface area (Å²) in [4.78, 5) is 35.8. The minimum atomic E-state index is -2.99. The molecule has 1 N–H and O–H groups in total. The second-order valence-corrected chi connectivity index (χ2v) is 5.75. The molecule has 0 saturated heterocycles. The van der Waals surface area contributed by atoms with E-state index in [4.69, 9.17) is 14.2 Å². The fourth-order valence-corrected chi connectivity index (χ4v) is 2.39. The first-order valence-electron chi connectivity index (χ1n) is 8.36. The van der Waals surface area contributed by atoms with Crippen LogP contribution in [0.4, 0.5) is 8.78 Å². The van der Waals surface area contributed by atoms with Gasteiger partial charge in [0.25, 0.3) is 11.8 Å². The van der Waals surface area contributed by atoms with E-state index in [9.17, 15) is 23.2 Å². The van der Waals surface area contributed by atoms with Gasteiger partial charge < -0.3 is 18.9 Å². The molecular formula is C19H15F2NO7. The molecule has 0 bridgehead atoms. The smallest absolute Gasteiger partial charge is 0.387 e. The van der Waals surface area contributed by atoms with E-state index in [0.717, 1.165) is 12.1 Å². The van der Waals surface area contributed by atoms with Crippen LogP contribution in [-0.2, 0) is 14.3 Å². The molecule has 0 aliphatic carbocycles. The number of ether oxygens (including phenoxy) is 4. The van der Waals surface area contributed by atoms with Gasteiger partial charge >= 0.3 is 12.6 Å². The molecule has 0 unspecified atom stereocenters. The van der Waals surface area contributed by atoms with Gasteiger partial charge in [0.05, 0.1) is 0 Å². The summed E-state index contributed by atoms with van der Waals surface area (Å²) < 4.78 is 44.1. The normalized spacial score (nSPS) is 14.8. The van der Waals surface area contributed by atoms with Gasteiger partial charge in [-0.2, -0.15) is 8.78 Å². The summed E-state index contributed by atoms with van der Waals surface area (Å²) in [6.45, 7) is -3.78. The number of imide groups is 1. The molecule has 8 nitrogen and oxygen atoms in total. The summed E-state index contributed by atoms with van der Waals surface area (Å²) in [5.74, 6) is -1.75. The van der Waals surface area contributed by atoms with Crippen LogP contribution < -0.4 is 19.5 Å². The lowest BCUT2D eigenvalue weighted by molar-refractivity contribution is -0.157. The number of carbonyl (C=O) groups excluding carboxylic acids is 3. The number of carbonyl (C=O) groups is 3. The van der Waals surface area contributed by atoms with Crippen molar-refractivity contribution < 1.29 is 42.1 Å². The molecule has 2 aromatic rings. The lowest BCUT2D eigenvalue weighted by Crippen LogP contribution is -2.40. The van der Waals surface area contributed by atoms with Gasteiger partial charge in [-0.25, -0.2) is 4.79 Å². The number of hydrogen-bond acceptors (Lipinski definition) is 7. The molecule has 1 aliphatic heterocycles. The number of nitrogens with one attached hydrogen (secondary N) is 1. The van der Waals surface area contributed by atoms with E-state index in [1.807, 2.05) is 5.32 Å². The average Bonchev–Trinajstić information content (AvgIpc) is 2.71. The predicted octanol–water partition coefficient (Wildman–Crippen LogP) is 1.93. The van der Waals surface area contributed by atoms with Crippen molar-refractivity contribution in [2.45, 2.75) is 12.7 Å². The van der Waals surface area contributed by atoms with Crippen LogP contribution in [0.25, 0.3) is 0 Å². The third-order valence-electron chi connectivity index (χ3n) is 3.71. The second kappa shape index (κ2) is 9.00. The minimum Gasteiger partial charge on any atom is -0.485 e. The Hall–Kier alpha value is -3.69. The number of alkyl halides is 2. The van der Waals surface area contributed by atoms with Crippen LogP contribution in [0.5, 0.6) is 17.2 Å². The Labute approximate surface area is 163 Å². The number of halogens is 2. The van der Waals surface area contributed by atoms with Crippen LogP contribution >= 0.6 is 0 Å². The number of esters is 1. The lowest BCUT2D eigenvalue weighted by atomic mass is 10.2. The van der Waals surface area contributed by atoms with Crippen molar-refractivity contribution >= 4 is 17.8 Å². The first-order chi connectivity index (χ1) is 13.9. The quantitative estimate of drug-likeness (QED) is 0.731. The fraction of sp³-hybridized carbons (Fsp3) is 0.211. The zero-order valence-electron chi connectivity index (χ0n) is 14.8. The van der Waals surface area contributed by atoms with Crippen molar-refractivity contribution in [3.8, 4) is 17.2 Å². The first-order valence-corrected chi connectivity index (χ1v) is 8.36. The Morgan fingerprint density at radius 3 is 2.45 bits per heavy atom. The molecule has 2 aromatic carbocycles. The molecule has 3 rings (SSSR count). The van der Waals surface area contributed by atoms with E-state index in [2.05, 4.69) is 4.74 Å². The van der Waals surface area contributed by atoms with E-state index in [1.165, 1.54) is 12.1 Å². The summed E-state index contributed by atoms with van der Waals surface area (Å²) in [6.07, 6.45) is -1.05. The van der Waals surface area contributed by atoms with Crippen molar-refractivity contribution in [1.29, 1.82) is 0 Å². The maximum atomic E-state index is 12.1. The Bertz CT molecular complexity index is 902. The highest BCUT2D eigenvalue weighted by Gasteiger charge is 2.29. The van der Waals surface area contributed by atoms with Gasteiger partial charge in [0, 0.05) is 5.56 Å². The molecule has 0 radical (unpaired) electrons. The Morgan fingerprint density at radius 1 is 1.07 bits per heavy atom. The van der Waals surface area contributed by atoms with Crippen LogP contribution in [0.1, 0.15) is 10.4 Å². The second-order valence-electron chi connectivity index (χ2n) is 5.75. The molecule has 0 saturated carbocycles. The molecule has 0 spiro atoms. The zero-order chi connectivity index (χ0) is 20.8. The van der Waals surface area contributed by atoms with Crippen molar-refractivity contribution in [2.75, 3.05) is 13.2 Å². The van der Waals surface area contributed by atoms with Crippen LogP contribution in [-0.4, -0.2) is 43.7 Å². The number of benzene rings is 2. The topological polar surface area (TPSA) is 100 Å². The third kappa shape index (κ3) is 5.41. The summed E-state index contributed by atoms with van der Waals surface area (Å²) in [6, 6.07) is 11.5. The average molecular weight is 407 g/mol. The molecule has 0 fully saturated rings. The molecule has 152 valence electrons. The third-order valence-corrected chi connectivity index (χ3v) is 3.71. The van der Waals surface area contributed by atoms with Gasteiger partial charge in [0.1, 0.15) is 12.4 Å². The van der Waals surface area contributed by atoms with Crippen LogP contribution in [0.3, 0.4) is 0 Å². The van der Waals surface area contributed by atoms with Crippen LogP contribution in [0.15, 0.2) is 48.5 Å². The largest absolute Gasteiger partial charge is 0.485 e. The minimum absolute atomic E-state index is 0.0342. The maximum Gasteiger partial charge on any atom is 0.387 e. The highest BCUT2D eigenvalue weighted by Crippen LogP contribution is 2.31. The number of fused-ring (bicyclic) bond motifs is 1. The van der Waals surface area contributed by atoms with Gasteiger partial charge in [-0.3, -0.25) is 14.9 Å². The number of hydrogen-bond donors (Lipinski definition) is 1. The van der Waals surface area contributed by atoms with Crippen molar-refractivity contribution in [2.24, 2.45) is 0 Å². The Kier molecular flexibility index (Phi) is 6.22. The number of para-hydroxylation sites is 2. The first kappa shape index (κ1) is 20.1. The molecule has 1 aliphatic rings. The standard InChI is InChI=1S/C19H15F2NO7/c20-19(21)28-12-7-5-11(6-8-12)17(24)22-16(23)10-27-18(25)15-9-26-13-3-1-2-4-14(13)29-15/h1-8,15,19H,9-10H2,(H,22,23,24)/t15-/m0/s1. The molecule has 10 heteroatoms. The molecule has 1 atom stereocenters. The lowest BCUT2D eigenvalue weighted by Gasteiger charge is -2.24. The molecule has 1 heterocycles. The van der Waals surface area contributed by atoms with Crippen LogP contribution in [0, 0.1) is 0 Å². The summed E-state index contributed by atoms with van der Waals surface area (Å²) >= 11 is 0. The highest BCUT2D eigenvalue weighted by atomic mass is 19.3. The van der Waals surface area contributed by atoms with Crippen molar-refractivity contribution in [3.05, 3.63) is 54.1 Å². The van der Waals surface area contributed by atoms with E-state index in [0.29, 0.717) is 11.5 Å². The molecule has 29 heavy (non-hydrogen) atoms. The SMILES string of the molecule is O=C(COC(=O)[C@@H]1COc2ccccc2O1)NC(=O)c1ccc(OC(F)F)cc1. The Morgan fingerprint density at radius 2 is 1.76 bits per heavy atom. The predicted molar refractivity (Wildman–Crippen MR) is 92.9 cm³/mol. The van der Waals surface area contributed by atoms with E-state index in [-0.39, 0.29) is 17.9 Å². The van der Waals surface area contributed by atoms with Crippen molar-refractivity contribution in [1.82, 2.24) is 5.32 Å².